The molecule has 2 aromatic heterocycles. The lowest BCUT2D eigenvalue weighted by molar-refractivity contribution is -0.254. The summed E-state index contributed by atoms with van der Waals surface area (Å²) in [5.41, 5.74) is 0.892. The highest BCUT2D eigenvalue weighted by atomic mass is 16.7. The van der Waals surface area contributed by atoms with E-state index in [2.05, 4.69) is 9.97 Å². The molecule has 1 aliphatic rings. The standard InChI is InChI=1S/C16H23N3O4/c1-10-11-5-6-19(14(11)18-9-17-10)13-7-16(4,12(8-20)22-13)23-15(2,3)21/h5-6,9,12-13,20-21H,7-8H2,1-4H3. The minimum atomic E-state index is -1.31. The molecule has 3 unspecified atom stereocenters. The molecule has 0 radical (unpaired) electrons. The van der Waals surface area contributed by atoms with Gasteiger partial charge in [0, 0.05) is 18.0 Å². The maximum atomic E-state index is 9.99. The van der Waals surface area contributed by atoms with Gasteiger partial charge in [0.25, 0.3) is 0 Å². The summed E-state index contributed by atoms with van der Waals surface area (Å²) in [6.07, 6.45) is 3.07. The molecule has 7 nitrogen and oxygen atoms in total. The number of aromatic nitrogens is 3. The zero-order valence-corrected chi connectivity index (χ0v) is 13.9. The van der Waals surface area contributed by atoms with Crippen LogP contribution in [0.2, 0.25) is 0 Å². The largest absolute Gasteiger partial charge is 0.394 e. The third-order valence-corrected chi connectivity index (χ3v) is 4.25. The molecular formula is C16H23N3O4. The number of aliphatic hydroxyl groups is 2. The first-order valence-corrected chi connectivity index (χ1v) is 7.70. The van der Waals surface area contributed by atoms with Gasteiger partial charge >= 0.3 is 0 Å². The second-order valence-corrected chi connectivity index (χ2v) is 6.75. The van der Waals surface area contributed by atoms with Crippen molar-refractivity contribution in [3.05, 3.63) is 24.3 Å². The Morgan fingerprint density at radius 3 is 2.87 bits per heavy atom. The number of hydrogen-bond donors (Lipinski definition) is 2. The molecule has 1 saturated heterocycles. The fourth-order valence-electron chi connectivity index (χ4n) is 3.27. The van der Waals surface area contributed by atoms with Crippen molar-refractivity contribution >= 4 is 11.0 Å². The van der Waals surface area contributed by atoms with Gasteiger partial charge in [-0.1, -0.05) is 0 Å². The molecule has 0 saturated carbocycles. The maximum absolute atomic E-state index is 9.99. The number of aryl methyl sites for hydroxylation is 1. The summed E-state index contributed by atoms with van der Waals surface area (Å²) in [4.78, 5) is 8.53. The van der Waals surface area contributed by atoms with Crippen molar-refractivity contribution in [2.45, 2.75) is 57.8 Å². The highest BCUT2D eigenvalue weighted by Gasteiger charge is 2.49. The Bertz CT molecular complexity index is 709. The van der Waals surface area contributed by atoms with Crippen LogP contribution in [0.3, 0.4) is 0 Å². The Hall–Kier alpha value is -1.54. The van der Waals surface area contributed by atoms with Gasteiger partial charge in [-0.25, -0.2) is 9.97 Å². The molecule has 126 valence electrons. The van der Waals surface area contributed by atoms with Gasteiger partial charge < -0.3 is 24.3 Å². The molecule has 23 heavy (non-hydrogen) atoms. The SMILES string of the molecule is Cc1ncnc2c1ccn2C1CC(C)(OC(C)(C)O)C(CO)O1. The average Bonchev–Trinajstić information content (AvgIpc) is 2.98. The number of hydrogen-bond acceptors (Lipinski definition) is 6. The van der Waals surface area contributed by atoms with E-state index in [9.17, 15) is 10.2 Å². The summed E-state index contributed by atoms with van der Waals surface area (Å²) in [7, 11) is 0. The van der Waals surface area contributed by atoms with Gasteiger partial charge in [-0.15, -0.1) is 0 Å². The predicted octanol–water partition coefficient (Wildman–Crippen LogP) is 1.52. The van der Waals surface area contributed by atoms with E-state index in [0.717, 1.165) is 16.7 Å². The van der Waals surface area contributed by atoms with E-state index in [0.29, 0.717) is 6.42 Å². The average molecular weight is 321 g/mol. The van der Waals surface area contributed by atoms with E-state index in [1.54, 1.807) is 13.8 Å². The highest BCUT2D eigenvalue weighted by Crippen LogP contribution is 2.42. The third kappa shape index (κ3) is 2.97. The molecule has 0 aromatic carbocycles. The third-order valence-electron chi connectivity index (χ3n) is 4.25. The van der Waals surface area contributed by atoms with Gasteiger partial charge in [-0.05, 0) is 33.8 Å². The molecule has 0 aliphatic carbocycles. The van der Waals surface area contributed by atoms with Crippen molar-refractivity contribution in [1.82, 2.24) is 14.5 Å². The normalized spacial score (nSPS) is 28.6. The molecule has 0 bridgehead atoms. The summed E-state index contributed by atoms with van der Waals surface area (Å²) < 4.78 is 13.7. The second-order valence-electron chi connectivity index (χ2n) is 6.75. The molecule has 3 heterocycles. The molecule has 0 spiro atoms. The maximum Gasteiger partial charge on any atom is 0.160 e. The van der Waals surface area contributed by atoms with Crippen LogP contribution in [0.4, 0.5) is 0 Å². The van der Waals surface area contributed by atoms with Crippen molar-refractivity contribution in [2.75, 3.05) is 6.61 Å². The van der Waals surface area contributed by atoms with Gasteiger partial charge in [0.1, 0.15) is 29.9 Å². The topological polar surface area (TPSA) is 89.6 Å². The predicted molar refractivity (Wildman–Crippen MR) is 83.7 cm³/mol. The zero-order chi connectivity index (χ0) is 16.8. The molecule has 2 N–H and O–H groups in total. The summed E-state index contributed by atoms with van der Waals surface area (Å²) in [6, 6.07) is 1.95. The van der Waals surface area contributed by atoms with Crippen molar-refractivity contribution in [1.29, 1.82) is 0 Å². The molecule has 1 fully saturated rings. The number of fused-ring (bicyclic) bond motifs is 1. The smallest absolute Gasteiger partial charge is 0.160 e. The summed E-state index contributed by atoms with van der Waals surface area (Å²) >= 11 is 0. The molecule has 0 amide bonds. The van der Waals surface area contributed by atoms with Gasteiger partial charge in [0.2, 0.25) is 0 Å². The van der Waals surface area contributed by atoms with Crippen LogP contribution >= 0.6 is 0 Å². The monoisotopic (exact) mass is 321 g/mol. The molecule has 3 rings (SSSR count). The minimum Gasteiger partial charge on any atom is -0.394 e. The van der Waals surface area contributed by atoms with Crippen LogP contribution < -0.4 is 0 Å². The van der Waals surface area contributed by atoms with E-state index in [1.807, 2.05) is 30.7 Å². The lowest BCUT2D eigenvalue weighted by Gasteiger charge is -2.34. The minimum absolute atomic E-state index is 0.184. The van der Waals surface area contributed by atoms with E-state index in [-0.39, 0.29) is 12.8 Å². The van der Waals surface area contributed by atoms with Crippen LogP contribution in [0.5, 0.6) is 0 Å². The van der Waals surface area contributed by atoms with Crippen LogP contribution in [0.1, 0.15) is 39.1 Å². The second kappa shape index (κ2) is 5.52. The summed E-state index contributed by atoms with van der Waals surface area (Å²) in [6.45, 7) is 6.74. The van der Waals surface area contributed by atoms with Gasteiger partial charge in [0.05, 0.1) is 12.3 Å². The van der Waals surface area contributed by atoms with Crippen molar-refractivity contribution in [3.63, 3.8) is 0 Å². The van der Waals surface area contributed by atoms with Crippen molar-refractivity contribution < 1.29 is 19.7 Å². The lowest BCUT2D eigenvalue weighted by Crippen LogP contribution is -2.46. The molecular weight excluding hydrogens is 298 g/mol. The fraction of sp³-hybridized carbons (Fsp3) is 0.625. The van der Waals surface area contributed by atoms with Crippen LogP contribution in [0.15, 0.2) is 18.6 Å². The van der Waals surface area contributed by atoms with Crippen LogP contribution in [0.25, 0.3) is 11.0 Å². The number of rotatable bonds is 4. The van der Waals surface area contributed by atoms with Crippen molar-refractivity contribution in [3.8, 4) is 0 Å². The molecule has 3 atom stereocenters. The Balaban J connectivity index is 1.94. The van der Waals surface area contributed by atoms with Crippen molar-refractivity contribution in [2.24, 2.45) is 0 Å². The number of nitrogens with zero attached hydrogens (tertiary/aromatic N) is 3. The van der Waals surface area contributed by atoms with Gasteiger partial charge in [0.15, 0.2) is 5.79 Å². The Morgan fingerprint density at radius 1 is 1.48 bits per heavy atom. The number of aliphatic hydroxyl groups excluding tert-OH is 1. The zero-order valence-electron chi connectivity index (χ0n) is 13.9. The first kappa shape index (κ1) is 16.3. The first-order valence-electron chi connectivity index (χ1n) is 7.70. The quantitative estimate of drug-likeness (QED) is 0.830. The summed E-state index contributed by atoms with van der Waals surface area (Å²) in [5.74, 6) is -1.31. The number of ether oxygens (including phenoxy) is 2. The Kier molecular flexibility index (Phi) is 3.92. The van der Waals surface area contributed by atoms with E-state index >= 15 is 0 Å². The van der Waals surface area contributed by atoms with E-state index in [4.69, 9.17) is 9.47 Å². The lowest BCUT2D eigenvalue weighted by atomic mass is 9.97. The first-order chi connectivity index (χ1) is 10.7. The van der Waals surface area contributed by atoms with Gasteiger partial charge in [-0.2, -0.15) is 0 Å². The highest BCUT2D eigenvalue weighted by molar-refractivity contribution is 5.78. The van der Waals surface area contributed by atoms with Crippen LogP contribution in [-0.2, 0) is 9.47 Å². The van der Waals surface area contributed by atoms with Crippen LogP contribution in [-0.4, -0.2) is 48.8 Å². The Labute approximate surface area is 134 Å². The molecule has 1 aliphatic heterocycles. The van der Waals surface area contributed by atoms with Gasteiger partial charge in [-0.3, -0.25) is 0 Å². The van der Waals surface area contributed by atoms with E-state index in [1.165, 1.54) is 6.33 Å². The molecule has 7 heteroatoms. The van der Waals surface area contributed by atoms with Crippen LogP contribution in [0, 0.1) is 6.92 Å². The fourth-order valence-corrected chi connectivity index (χ4v) is 3.27. The molecule has 2 aromatic rings. The van der Waals surface area contributed by atoms with E-state index < -0.39 is 17.5 Å². The summed E-state index contributed by atoms with van der Waals surface area (Å²) in [5, 5.41) is 20.6. The Morgan fingerprint density at radius 2 is 2.22 bits per heavy atom.